The highest BCUT2D eigenvalue weighted by molar-refractivity contribution is 6.00. The summed E-state index contributed by atoms with van der Waals surface area (Å²) in [6.07, 6.45) is 0.518. The molecule has 0 fully saturated rings. The van der Waals surface area contributed by atoms with E-state index in [1.54, 1.807) is 11.8 Å². The van der Waals surface area contributed by atoms with Gasteiger partial charge in [-0.05, 0) is 44.9 Å². The molecule has 0 radical (unpaired) electrons. The zero-order chi connectivity index (χ0) is 17.5. The number of amides is 2. The molecule has 1 aliphatic rings. The number of nitrogens with zero attached hydrogens (tertiary/aromatic N) is 1. The second-order valence-corrected chi connectivity index (χ2v) is 5.87. The topological polar surface area (TPSA) is 67.9 Å². The summed E-state index contributed by atoms with van der Waals surface area (Å²) >= 11 is 0. The molecule has 0 bridgehead atoms. The Hall–Kier alpha value is -2.08. The quantitative estimate of drug-likeness (QED) is 0.739. The number of fused-ring (bicyclic) bond motifs is 1. The minimum absolute atomic E-state index is 0.0624. The number of rotatable bonds is 8. The molecule has 1 aromatic carbocycles. The van der Waals surface area contributed by atoms with Crippen LogP contribution in [-0.4, -0.2) is 44.2 Å². The van der Waals surface area contributed by atoms with Crippen LogP contribution in [0.5, 0.6) is 5.75 Å². The number of ether oxygens (including phenoxy) is 2. The molecule has 1 heterocycles. The van der Waals surface area contributed by atoms with E-state index in [1.807, 2.05) is 32.0 Å². The molecule has 1 aromatic rings. The number of aryl methyl sites for hydroxylation is 1. The van der Waals surface area contributed by atoms with Crippen molar-refractivity contribution in [1.29, 1.82) is 0 Å². The highest BCUT2D eigenvalue weighted by Gasteiger charge is 2.31. The normalized spacial score (nSPS) is 16.5. The van der Waals surface area contributed by atoms with Gasteiger partial charge in [-0.25, -0.2) is 0 Å². The van der Waals surface area contributed by atoms with Gasteiger partial charge in [0, 0.05) is 32.7 Å². The third-order valence-corrected chi connectivity index (χ3v) is 3.88. The first kappa shape index (κ1) is 18.3. The van der Waals surface area contributed by atoms with Crippen LogP contribution in [0.15, 0.2) is 18.2 Å². The van der Waals surface area contributed by atoms with Gasteiger partial charge in [0.15, 0.2) is 6.10 Å². The van der Waals surface area contributed by atoms with E-state index in [9.17, 15) is 9.59 Å². The Morgan fingerprint density at radius 3 is 2.96 bits per heavy atom. The van der Waals surface area contributed by atoms with Crippen molar-refractivity contribution in [3.05, 3.63) is 23.8 Å². The first-order valence-electron chi connectivity index (χ1n) is 8.46. The fourth-order valence-corrected chi connectivity index (χ4v) is 2.60. The number of anilines is 1. The smallest absolute Gasteiger partial charge is 0.267 e. The first-order valence-corrected chi connectivity index (χ1v) is 8.46. The van der Waals surface area contributed by atoms with E-state index in [4.69, 9.17) is 9.47 Å². The average molecular weight is 334 g/mol. The highest BCUT2D eigenvalue weighted by atomic mass is 16.5. The Morgan fingerprint density at radius 1 is 1.42 bits per heavy atom. The van der Waals surface area contributed by atoms with Crippen LogP contribution in [0.1, 0.15) is 32.3 Å². The predicted octanol–water partition coefficient (Wildman–Crippen LogP) is 2.04. The van der Waals surface area contributed by atoms with Crippen LogP contribution in [0.3, 0.4) is 0 Å². The minimum atomic E-state index is -0.533. The summed E-state index contributed by atoms with van der Waals surface area (Å²) < 4.78 is 10.9. The summed E-state index contributed by atoms with van der Waals surface area (Å²) in [5.41, 5.74) is 1.78. The van der Waals surface area contributed by atoms with Gasteiger partial charge in [0.2, 0.25) is 5.91 Å². The van der Waals surface area contributed by atoms with Crippen molar-refractivity contribution in [3.63, 3.8) is 0 Å². The van der Waals surface area contributed by atoms with Crippen LogP contribution in [0, 0.1) is 6.92 Å². The van der Waals surface area contributed by atoms with Crippen LogP contribution in [0.4, 0.5) is 5.69 Å². The van der Waals surface area contributed by atoms with Crippen LogP contribution in [0.2, 0.25) is 0 Å². The molecule has 0 aromatic heterocycles. The van der Waals surface area contributed by atoms with E-state index in [1.165, 1.54) is 0 Å². The molecule has 2 amide bonds. The second-order valence-electron chi connectivity index (χ2n) is 5.87. The lowest BCUT2D eigenvalue weighted by atomic mass is 10.1. The third-order valence-electron chi connectivity index (χ3n) is 3.88. The monoisotopic (exact) mass is 334 g/mol. The van der Waals surface area contributed by atoms with E-state index >= 15 is 0 Å². The molecule has 0 unspecified atom stereocenters. The van der Waals surface area contributed by atoms with E-state index in [0.29, 0.717) is 32.1 Å². The lowest BCUT2D eigenvalue weighted by molar-refractivity contribution is -0.125. The van der Waals surface area contributed by atoms with Crippen molar-refractivity contribution >= 4 is 17.5 Å². The largest absolute Gasteiger partial charge is 0.479 e. The molecule has 24 heavy (non-hydrogen) atoms. The Morgan fingerprint density at radius 2 is 2.21 bits per heavy atom. The Bertz CT molecular complexity index is 588. The molecule has 0 saturated carbocycles. The molecule has 132 valence electrons. The van der Waals surface area contributed by atoms with E-state index in [2.05, 4.69) is 5.32 Å². The molecule has 0 spiro atoms. The lowest BCUT2D eigenvalue weighted by Crippen LogP contribution is -2.45. The number of benzene rings is 1. The molecule has 2 rings (SSSR count). The molecule has 1 atom stereocenters. The summed E-state index contributed by atoms with van der Waals surface area (Å²) in [6, 6.07) is 5.73. The summed E-state index contributed by atoms with van der Waals surface area (Å²) in [5, 5.41) is 2.85. The zero-order valence-corrected chi connectivity index (χ0v) is 14.6. The van der Waals surface area contributed by atoms with Crippen molar-refractivity contribution in [2.75, 3.05) is 31.2 Å². The van der Waals surface area contributed by atoms with Crippen LogP contribution in [0.25, 0.3) is 0 Å². The standard InChI is InChI=1S/C18H26N2O4/c1-4-23-11-5-9-19-17(21)8-10-20-15-12-13(2)6-7-16(15)24-14(3)18(20)22/h6-7,12,14H,4-5,8-11H2,1-3H3,(H,19,21)/t14-/m1/s1. The molecule has 0 saturated heterocycles. The van der Waals surface area contributed by atoms with Gasteiger partial charge in [-0.1, -0.05) is 6.07 Å². The third kappa shape index (κ3) is 4.71. The van der Waals surface area contributed by atoms with E-state index in [-0.39, 0.29) is 18.2 Å². The Kier molecular flexibility index (Phi) is 6.61. The van der Waals surface area contributed by atoms with E-state index in [0.717, 1.165) is 17.7 Å². The second kappa shape index (κ2) is 8.68. The first-order chi connectivity index (χ1) is 11.5. The maximum absolute atomic E-state index is 12.4. The fraction of sp³-hybridized carbons (Fsp3) is 0.556. The summed E-state index contributed by atoms with van der Waals surface area (Å²) in [6.45, 7) is 7.89. The highest BCUT2D eigenvalue weighted by Crippen LogP contribution is 2.34. The van der Waals surface area contributed by atoms with Gasteiger partial charge in [0.1, 0.15) is 5.75 Å². The number of carbonyl (C=O) groups excluding carboxylic acids is 2. The number of hydrogen-bond donors (Lipinski definition) is 1. The van der Waals surface area contributed by atoms with Crippen molar-refractivity contribution in [2.24, 2.45) is 0 Å². The molecule has 6 heteroatoms. The van der Waals surface area contributed by atoms with Crippen LogP contribution < -0.4 is 15.0 Å². The minimum Gasteiger partial charge on any atom is -0.479 e. The average Bonchev–Trinajstić information content (AvgIpc) is 2.56. The van der Waals surface area contributed by atoms with Gasteiger partial charge in [0.25, 0.3) is 5.91 Å². The molecule has 1 N–H and O–H groups in total. The van der Waals surface area contributed by atoms with E-state index < -0.39 is 6.10 Å². The summed E-state index contributed by atoms with van der Waals surface area (Å²) in [7, 11) is 0. The van der Waals surface area contributed by atoms with Gasteiger partial charge in [-0.3, -0.25) is 9.59 Å². The molecule has 0 aliphatic carbocycles. The Labute approximate surface area is 143 Å². The number of carbonyl (C=O) groups is 2. The van der Waals surface area contributed by atoms with Gasteiger partial charge in [0.05, 0.1) is 5.69 Å². The number of nitrogens with one attached hydrogen (secondary N) is 1. The molecular weight excluding hydrogens is 308 g/mol. The van der Waals surface area contributed by atoms with Crippen molar-refractivity contribution in [3.8, 4) is 5.75 Å². The van der Waals surface area contributed by atoms with Crippen molar-refractivity contribution < 1.29 is 19.1 Å². The maximum Gasteiger partial charge on any atom is 0.267 e. The van der Waals surface area contributed by atoms with Crippen LogP contribution >= 0.6 is 0 Å². The van der Waals surface area contributed by atoms with Gasteiger partial charge >= 0.3 is 0 Å². The molecule has 6 nitrogen and oxygen atoms in total. The van der Waals surface area contributed by atoms with Gasteiger partial charge in [-0.2, -0.15) is 0 Å². The zero-order valence-electron chi connectivity index (χ0n) is 14.6. The summed E-state index contributed by atoms with van der Waals surface area (Å²) in [4.78, 5) is 26.0. The predicted molar refractivity (Wildman–Crippen MR) is 92.4 cm³/mol. The lowest BCUT2D eigenvalue weighted by Gasteiger charge is -2.33. The van der Waals surface area contributed by atoms with Gasteiger partial charge < -0.3 is 19.7 Å². The van der Waals surface area contributed by atoms with Crippen molar-refractivity contribution in [1.82, 2.24) is 5.32 Å². The molecule has 1 aliphatic heterocycles. The molecular formula is C18H26N2O4. The SMILES string of the molecule is CCOCCCNC(=O)CCN1C(=O)[C@@H](C)Oc2ccc(C)cc21. The number of hydrogen-bond acceptors (Lipinski definition) is 4. The van der Waals surface area contributed by atoms with Crippen molar-refractivity contribution in [2.45, 2.75) is 39.7 Å². The maximum atomic E-state index is 12.4. The Balaban J connectivity index is 1.90. The van der Waals surface area contributed by atoms with Gasteiger partial charge in [-0.15, -0.1) is 0 Å². The van der Waals surface area contributed by atoms with Crippen LogP contribution in [-0.2, 0) is 14.3 Å². The summed E-state index contributed by atoms with van der Waals surface area (Å²) in [5.74, 6) is 0.509. The fourth-order valence-electron chi connectivity index (χ4n) is 2.60.